The van der Waals surface area contributed by atoms with Crippen molar-refractivity contribution in [3.8, 4) is 0 Å². The Hall–Kier alpha value is -12.7. The third kappa shape index (κ3) is 30.7. The summed E-state index contributed by atoms with van der Waals surface area (Å²) in [7, 11) is -1.39. The fraction of sp³-hybridized carbons (Fsp3) is 0.561. The Bertz CT molecular complexity index is 5710. The molecule has 0 spiro atoms. The molecule has 45 heteroatoms. The second kappa shape index (κ2) is 51.5. The lowest BCUT2D eigenvalue weighted by atomic mass is 9.90. The van der Waals surface area contributed by atoms with E-state index in [1.807, 2.05) is 18.6 Å². The fourth-order valence-electron chi connectivity index (χ4n) is 19.1. The molecule has 5 aliphatic rings. The number of hydrogen-bond donors (Lipinski definition) is 15. The Labute approximate surface area is 838 Å². The highest BCUT2D eigenvalue weighted by molar-refractivity contribution is 8.01. The number of aliphatic hydroxyl groups excluding tert-OH is 1. The van der Waals surface area contributed by atoms with Gasteiger partial charge in [0.05, 0.1) is 30.6 Å². The number of amides is 15. The van der Waals surface area contributed by atoms with Gasteiger partial charge in [-0.3, -0.25) is 96.0 Å². The first-order chi connectivity index (χ1) is 67.8. The molecule has 15 amide bonds. The monoisotopic (exact) mass is 2040 g/mol. The number of carbonyl (C=O) groups excluding carboxylic acids is 16. The predicted molar refractivity (Wildman–Crippen MR) is 531 cm³/mol. The number of aromatic amines is 1. The van der Waals surface area contributed by atoms with Gasteiger partial charge in [0.15, 0.2) is 5.78 Å². The van der Waals surface area contributed by atoms with Gasteiger partial charge < -0.3 is 103 Å². The Kier molecular flexibility index (Phi) is 40.4. The van der Waals surface area contributed by atoms with Crippen LogP contribution in [0.3, 0.4) is 0 Å². The number of nitrogens with one attached hydrogen (secondary N) is 10. The fourth-order valence-corrected chi connectivity index (χ4v) is 20.6. The molecule has 143 heavy (non-hydrogen) atoms. The maximum Gasteiger partial charge on any atom is 0.305 e. The van der Waals surface area contributed by atoms with Crippen molar-refractivity contribution in [3.05, 3.63) is 119 Å². The molecule has 10 rings (SSSR count). The molecule has 42 nitrogen and oxygen atoms in total. The van der Waals surface area contributed by atoms with Gasteiger partial charge in [0.1, 0.15) is 79.0 Å². The summed E-state index contributed by atoms with van der Waals surface area (Å²) in [6.07, 6.45) is 2.65. The van der Waals surface area contributed by atoms with Gasteiger partial charge in [0.2, 0.25) is 92.7 Å². The van der Waals surface area contributed by atoms with Crippen molar-refractivity contribution in [1.29, 1.82) is 0 Å². The number of benzene rings is 3. The number of halogens is 1. The van der Waals surface area contributed by atoms with Crippen LogP contribution < -0.4 is 58.7 Å². The highest BCUT2D eigenvalue weighted by atomic mass is 35.5. The number of primary amides is 1. The minimum atomic E-state index is -4.08. The number of carboxylic acids is 2. The van der Waals surface area contributed by atoms with Crippen molar-refractivity contribution in [1.82, 2.24) is 81.3 Å². The lowest BCUT2D eigenvalue weighted by Crippen LogP contribution is -2.62. The Morgan fingerprint density at radius 2 is 1.18 bits per heavy atom. The molecule has 7 heterocycles. The van der Waals surface area contributed by atoms with Gasteiger partial charge in [0.25, 0.3) is 5.91 Å². The average Bonchev–Trinajstić information content (AvgIpc) is 1.77. The van der Waals surface area contributed by atoms with Gasteiger partial charge in [-0.05, 0) is 150 Å². The molecule has 4 fully saturated rings. The number of ketones is 1. The molecular formula is C98H134ClN19O23S2. The summed E-state index contributed by atoms with van der Waals surface area (Å²) >= 11 is 7.17. The van der Waals surface area contributed by atoms with Crippen LogP contribution in [0.25, 0.3) is 21.8 Å². The number of piperidine rings is 1. The maximum absolute atomic E-state index is 16.1. The lowest BCUT2D eigenvalue weighted by molar-refractivity contribution is -0.149. The molecule has 0 saturated carbocycles. The molecule has 0 radical (unpaired) electrons. The van der Waals surface area contributed by atoms with E-state index in [4.69, 9.17) is 23.1 Å². The van der Waals surface area contributed by atoms with E-state index < -0.39 is 269 Å². The molecule has 15 atom stereocenters. The number of sulfonamides is 1. The number of unbranched alkanes of at least 4 members (excludes halogenated alkanes) is 2. The Morgan fingerprint density at radius 1 is 0.601 bits per heavy atom. The number of fused-ring (bicyclic) bond motifs is 5. The number of nitrogens with two attached hydrogens (primary N) is 2. The quantitative estimate of drug-likeness (QED) is 0.0358. The smallest absolute Gasteiger partial charge is 0.305 e. The number of H-pyrrole nitrogens is 1. The van der Waals surface area contributed by atoms with E-state index >= 15 is 57.5 Å². The summed E-state index contributed by atoms with van der Waals surface area (Å²) in [4.78, 5) is 280. The third-order valence-electron chi connectivity index (χ3n) is 26.6. The van der Waals surface area contributed by atoms with Gasteiger partial charge in [0, 0.05) is 135 Å². The van der Waals surface area contributed by atoms with E-state index in [1.165, 1.54) is 60.9 Å². The standard InChI is InChI=1S/C98H134ClN19O23S2/c1-10-12-24-74-90(132)107-68(41-55(3)4)89(131)111-84(85(101)127)98(5,6)142-54-81(122)104-70(42-56-29-31-61(99)32-30-56)95(137)116-39-19-18-27-75(116)92(134)110-72(48-83(125)126)96(138)117-40-20-28-76(117)91(133)108-69(43-57-36-38-102-49-57)88(130)106-67(33-34-82(123)124)94(136)118-52-62(119)47-78(118)79(120)46-58(44-59-50-103-65-23-16-14-21-63(59)65)86(128)105-66(35-37-100)87(129)109-71(93(135)114(8)77(25-13-11-2)97(139)113(74)7)45-60-51-115(53-80(121)112-143(9,140)141)73-26-17-15-22-64(60)73/h14-17,21-23,26,29-32,38,49-51,55,58,62,66-72,74-78,84,103,119H,10-13,18-20,24-25,27-28,33-37,39-48,52-54,100H2,1-9H3,(H2,101,127)(H,104,122)(H,105,128)(H,106,130)(H,107,132)(H,108,133)(H,109,129)(H,110,134)(H,111,131)(H,112,121)(H,123,124)(H,125,126)/t58-,62-,66+,67+,68+,69+,70+,71+,72+,74+,75+,76+,77+,78+,84-/m1/s1. The SMILES string of the molecule is CCCC[C@H]1C(=O)N(C)[C@@H](CCCC)C(=O)N[C@@H](CC(C)C)C(=O)N[C@H](C(N)=O)C(C)(C)SCC(=O)N[C@@H](Cc2ccc(Cl)cc2)C(=O)N2CCCC[C@H]2C(=O)N[C@@H](CC(=O)O)C(=O)N2CCC[C@H]2C(=O)N[C@@H](CC2=CN=CC2)C(=O)N[C@@H](CCC(=O)O)C(=O)N2C[C@H](O)C[C@H]2C(=O)C[C@@H](Cc2c[nH]c3ccccc23)C(=O)N[C@@H](CCN)C(=O)N[C@@H](Cc2cn(CC(=O)NS(C)(=O)=O)c3ccccc23)C(=O)N1C. The van der Waals surface area contributed by atoms with Crippen LogP contribution in [0.15, 0.2) is 102 Å². The zero-order valence-corrected chi connectivity index (χ0v) is 84.4. The zero-order chi connectivity index (χ0) is 105. The van der Waals surface area contributed by atoms with Gasteiger partial charge in [-0.1, -0.05) is 114 Å². The number of hydrogen-bond acceptors (Lipinski definition) is 24. The van der Waals surface area contributed by atoms with Crippen LogP contribution in [0.5, 0.6) is 0 Å². The largest absolute Gasteiger partial charge is 0.481 e. The minimum absolute atomic E-state index is 0.000101. The van der Waals surface area contributed by atoms with Gasteiger partial charge in [-0.25, -0.2) is 8.42 Å². The number of likely N-dealkylation sites (N-methyl/N-ethyl adjacent to an activating group) is 2. The number of carbonyl (C=O) groups is 18. The van der Waals surface area contributed by atoms with Gasteiger partial charge in [-0.15, -0.1) is 11.8 Å². The molecule has 4 saturated heterocycles. The highest BCUT2D eigenvalue weighted by Gasteiger charge is 2.49. The number of para-hydroxylation sites is 2. The summed E-state index contributed by atoms with van der Waals surface area (Å²) in [5.74, 6) is -20.1. The molecule has 3 aromatic carbocycles. The Morgan fingerprint density at radius 3 is 1.82 bits per heavy atom. The number of aliphatic hydroxyl groups is 1. The summed E-state index contributed by atoms with van der Waals surface area (Å²) in [5, 5.41) is 55.4. The predicted octanol–water partition coefficient (Wildman–Crippen LogP) is 2.20. The summed E-state index contributed by atoms with van der Waals surface area (Å²) in [5.41, 5.74) is 15.2. The second-order valence-electron chi connectivity index (χ2n) is 38.4. The normalized spacial score (nSPS) is 25.5. The van der Waals surface area contributed by atoms with E-state index in [9.17, 15) is 52.5 Å². The molecule has 2 aromatic heterocycles. The van der Waals surface area contributed by atoms with Crippen LogP contribution >= 0.6 is 23.4 Å². The van der Waals surface area contributed by atoms with Crippen LogP contribution in [-0.4, -0.2) is 312 Å². The first-order valence-corrected chi connectivity index (χ1v) is 51.7. The molecule has 5 aromatic rings. The molecular weight excluding hydrogens is 1910 g/mol. The van der Waals surface area contributed by atoms with Crippen LogP contribution in [0.4, 0.5) is 0 Å². The maximum atomic E-state index is 16.1. The van der Waals surface area contributed by atoms with Crippen molar-refractivity contribution < 1.29 is 110 Å². The number of aliphatic carboxylic acids is 2. The first-order valence-electron chi connectivity index (χ1n) is 48.5. The Balaban J connectivity index is 1.05. The van der Waals surface area contributed by atoms with Crippen molar-refractivity contribution in [2.24, 2.45) is 28.3 Å². The number of thioether (sulfide) groups is 1. The second-order valence-corrected chi connectivity index (χ2v) is 42.2. The average molecular weight is 2050 g/mol. The first kappa shape index (κ1) is 112. The molecule has 778 valence electrons. The van der Waals surface area contributed by atoms with Crippen LogP contribution in [0.2, 0.25) is 5.02 Å². The van der Waals surface area contributed by atoms with Crippen molar-refractivity contribution in [2.45, 2.75) is 285 Å². The summed E-state index contributed by atoms with van der Waals surface area (Å²) in [6, 6.07) is -0.544. The van der Waals surface area contributed by atoms with Gasteiger partial charge >= 0.3 is 11.9 Å². The zero-order valence-electron chi connectivity index (χ0n) is 82.0. The molecule has 0 unspecified atom stereocenters. The molecule has 0 bridgehead atoms. The van der Waals surface area contributed by atoms with Crippen molar-refractivity contribution in [2.75, 3.05) is 52.3 Å². The van der Waals surface area contributed by atoms with Crippen LogP contribution in [0.1, 0.15) is 187 Å². The molecule has 0 aliphatic carbocycles. The number of Topliss-reactive ketones (excluding diaryl/α,β-unsaturated/α-hetero) is 1. The number of aliphatic imine (C=N–C) groups is 1. The number of aromatic nitrogens is 2. The van der Waals surface area contributed by atoms with E-state index in [0.717, 1.165) is 32.7 Å². The van der Waals surface area contributed by atoms with Crippen LogP contribution in [0, 0.1) is 11.8 Å². The van der Waals surface area contributed by atoms with Crippen molar-refractivity contribution >= 4 is 168 Å². The molecule has 17 N–H and O–H groups in total. The van der Waals surface area contributed by atoms with E-state index in [2.05, 4.69) is 52.5 Å². The topological polar surface area (TPSA) is 612 Å². The van der Waals surface area contributed by atoms with Crippen molar-refractivity contribution in [3.63, 3.8) is 0 Å². The lowest BCUT2D eigenvalue weighted by Gasteiger charge is -2.38. The van der Waals surface area contributed by atoms with E-state index in [1.54, 1.807) is 92.8 Å². The van der Waals surface area contributed by atoms with Gasteiger partial charge in [-0.2, -0.15) is 0 Å². The highest BCUT2D eigenvalue weighted by Crippen LogP contribution is 2.34. The summed E-state index contributed by atoms with van der Waals surface area (Å²) < 4.78 is 26.7. The minimum Gasteiger partial charge on any atom is -0.481 e. The van der Waals surface area contributed by atoms with Crippen LogP contribution in [-0.2, 0) is 122 Å². The summed E-state index contributed by atoms with van der Waals surface area (Å²) in [6.45, 7) is 8.59. The number of rotatable bonds is 27. The number of nitrogens with zero attached hydrogens (tertiary/aromatic N) is 7. The molecule has 5 aliphatic heterocycles. The van der Waals surface area contributed by atoms with E-state index in [-0.39, 0.29) is 96.2 Å². The third-order valence-corrected chi connectivity index (χ3v) is 28.8. The number of carboxylic acid groups (broad SMARTS) is 2. The van der Waals surface area contributed by atoms with E-state index in [0.29, 0.717) is 87.6 Å².